The molecule has 1 aromatic carbocycles. The molecule has 0 spiro atoms. The minimum absolute atomic E-state index is 0. The van der Waals surface area contributed by atoms with E-state index in [0.29, 0.717) is 12.5 Å². The molecule has 0 aliphatic rings. The number of rotatable bonds is 7. The third-order valence-corrected chi connectivity index (χ3v) is 2.98. The molecule has 5 heteroatoms. The second-order valence-electron chi connectivity index (χ2n) is 5.12. The first-order valence-corrected chi connectivity index (χ1v) is 6.76. The van der Waals surface area contributed by atoms with E-state index in [1.165, 1.54) is 5.56 Å². The van der Waals surface area contributed by atoms with Crippen LogP contribution < -0.4 is 16.2 Å². The van der Waals surface area contributed by atoms with Gasteiger partial charge in [-0.3, -0.25) is 0 Å². The molecule has 0 saturated carbocycles. The van der Waals surface area contributed by atoms with Crippen molar-refractivity contribution in [1.82, 2.24) is 0 Å². The molecule has 2 atom stereocenters. The summed E-state index contributed by atoms with van der Waals surface area (Å²) in [5.74, 6) is 1.35. The molecule has 3 nitrogen and oxygen atoms in total. The Morgan fingerprint density at radius 1 is 0.950 bits per heavy atom. The maximum Gasteiger partial charge on any atom is 0.119 e. The number of benzene rings is 1. The Morgan fingerprint density at radius 3 is 1.75 bits per heavy atom. The van der Waals surface area contributed by atoms with Gasteiger partial charge in [-0.2, -0.15) is 0 Å². The van der Waals surface area contributed by atoms with Crippen LogP contribution in [-0.2, 0) is 0 Å². The highest BCUT2D eigenvalue weighted by Crippen LogP contribution is 2.27. The summed E-state index contributed by atoms with van der Waals surface area (Å²) in [5, 5.41) is 0. The fraction of sp³-hybridized carbons (Fsp3) is 0.600. The molecular formula is C15H28Cl2N2O. The summed E-state index contributed by atoms with van der Waals surface area (Å²) in [7, 11) is 0. The Hall–Kier alpha value is -0.480. The van der Waals surface area contributed by atoms with Crippen LogP contribution in [0.15, 0.2) is 24.3 Å². The van der Waals surface area contributed by atoms with Gasteiger partial charge in [0.25, 0.3) is 0 Å². The molecule has 4 N–H and O–H groups in total. The summed E-state index contributed by atoms with van der Waals surface area (Å²) in [4.78, 5) is 0. The first-order chi connectivity index (χ1) is 8.52. The van der Waals surface area contributed by atoms with E-state index in [1.807, 2.05) is 32.9 Å². The van der Waals surface area contributed by atoms with Gasteiger partial charge in [0.15, 0.2) is 0 Å². The van der Waals surface area contributed by atoms with Crippen LogP contribution >= 0.6 is 24.8 Å². The van der Waals surface area contributed by atoms with Gasteiger partial charge in [0.05, 0.1) is 6.61 Å². The molecule has 0 radical (unpaired) electrons. The molecule has 0 bridgehead atoms. The molecule has 0 heterocycles. The number of hydrogen-bond donors (Lipinski definition) is 2. The van der Waals surface area contributed by atoms with E-state index < -0.39 is 0 Å². The van der Waals surface area contributed by atoms with Crippen LogP contribution in [-0.4, -0.2) is 18.7 Å². The Morgan fingerprint density at radius 2 is 1.40 bits per heavy atom. The summed E-state index contributed by atoms with van der Waals surface area (Å²) in [5.41, 5.74) is 13.1. The maximum absolute atomic E-state index is 5.92. The van der Waals surface area contributed by atoms with Gasteiger partial charge < -0.3 is 16.2 Å². The Balaban J connectivity index is 0. The first kappa shape index (κ1) is 21.8. The van der Waals surface area contributed by atoms with Crippen molar-refractivity contribution < 1.29 is 4.74 Å². The lowest BCUT2D eigenvalue weighted by Gasteiger charge is -2.21. The van der Waals surface area contributed by atoms with Crippen LogP contribution in [0.1, 0.15) is 45.1 Å². The highest BCUT2D eigenvalue weighted by atomic mass is 35.5. The smallest absolute Gasteiger partial charge is 0.119 e. The van der Waals surface area contributed by atoms with Crippen molar-refractivity contribution in [1.29, 1.82) is 0 Å². The van der Waals surface area contributed by atoms with Gasteiger partial charge in [-0.1, -0.05) is 12.1 Å². The van der Waals surface area contributed by atoms with Crippen LogP contribution in [0, 0.1) is 0 Å². The van der Waals surface area contributed by atoms with Crippen molar-refractivity contribution in [3.8, 4) is 5.75 Å². The van der Waals surface area contributed by atoms with Gasteiger partial charge >= 0.3 is 0 Å². The zero-order chi connectivity index (χ0) is 13.5. The molecule has 0 amide bonds. The molecule has 2 unspecified atom stereocenters. The fourth-order valence-corrected chi connectivity index (χ4v) is 2.27. The maximum atomic E-state index is 5.92. The normalized spacial score (nSPS) is 14.4. The fourth-order valence-electron chi connectivity index (χ4n) is 2.27. The molecule has 20 heavy (non-hydrogen) atoms. The molecule has 0 aliphatic carbocycles. The number of nitrogens with two attached hydrogens (primary N) is 2. The SMILES string of the molecule is CCOc1ccc(C(CC(C)N)CC(C)N)cc1.Cl.Cl. The van der Waals surface area contributed by atoms with Crippen molar-refractivity contribution in [2.24, 2.45) is 11.5 Å². The van der Waals surface area contributed by atoms with Crippen LogP contribution in [0.4, 0.5) is 0 Å². The molecule has 0 saturated heterocycles. The van der Waals surface area contributed by atoms with Crippen molar-refractivity contribution in [3.63, 3.8) is 0 Å². The molecular weight excluding hydrogens is 295 g/mol. The van der Waals surface area contributed by atoms with Gasteiger partial charge in [-0.05, 0) is 57.2 Å². The van der Waals surface area contributed by atoms with Gasteiger partial charge in [0.2, 0.25) is 0 Å². The lowest BCUT2D eigenvalue weighted by atomic mass is 9.88. The summed E-state index contributed by atoms with van der Waals surface area (Å²) in [6, 6.07) is 8.68. The van der Waals surface area contributed by atoms with Crippen molar-refractivity contribution in [3.05, 3.63) is 29.8 Å². The average molecular weight is 323 g/mol. The predicted molar refractivity (Wildman–Crippen MR) is 91.4 cm³/mol. The lowest BCUT2D eigenvalue weighted by Crippen LogP contribution is -2.24. The second kappa shape index (κ2) is 11.2. The Labute approximate surface area is 135 Å². The first-order valence-electron chi connectivity index (χ1n) is 6.76. The molecule has 0 fully saturated rings. The third-order valence-electron chi connectivity index (χ3n) is 2.98. The van der Waals surface area contributed by atoms with E-state index in [9.17, 15) is 0 Å². The molecule has 0 aliphatic heterocycles. The summed E-state index contributed by atoms with van der Waals surface area (Å²) >= 11 is 0. The summed E-state index contributed by atoms with van der Waals surface area (Å²) < 4.78 is 5.45. The van der Waals surface area contributed by atoms with Crippen LogP contribution in [0.25, 0.3) is 0 Å². The second-order valence-corrected chi connectivity index (χ2v) is 5.12. The predicted octanol–water partition coefficient (Wildman–Crippen LogP) is 3.49. The van der Waals surface area contributed by atoms with E-state index in [-0.39, 0.29) is 36.9 Å². The highest BCUT2D eigenvalue weighted by molar-refractivity contribution is 5.85. The molecule has 118 valence electrons. The standard InChI is InChI=1S/C15H26N2O.2ClH/c1-4-18-15-7-5-13(6-8-15)14(9-11(2)16)10-12(3)17;;/h5-8,11-12,14H,4,9-10,16-17H2,1-3H3;2*1H. The van der Waals surface area contributed by atoms with Crippen molar-refractivity contribution >= 4 is 24.8 Å². The van der Waals surface area contributed by atoms with E-state index in [0.717, 1.165) is 18.6 Å². The molecule has 1 rings (SSSR count). The Kier molecular flexibility index (Phi) is 12.2. The minimum atomic E-state index is 0. The summed E-state index contributed by atoms with van der Waals surface area (Å²) in [6.07, 6.45) is 1.94. The number of halogens is 2. The minimum Gasteiger partial charge on any atom is -0.494 e. The largest absolute Gasteiger partial charge is 0.494 e. The molecule has 1 aromatic rings. The van der Waals surface area contributed by atoms with Crippen LogP contribution in [0.2, 0.25) is 0 Å². The monoisotopic (exact) mass is 322 g/mol. The quantitative estimate of drug-likeness (QED) is 0.807. The Bertz CT molecular complexity index is 332. The lowest BCUT2D eigenvalue weighted by molar-refractivity contribution is 0.340. The zero-order valence-electron chi connectivity index (χ0n) is 12.5. The number of hydrogen-bond acceptors (Lipinski definition) is 3. The highest BCUT2D eigenvalue weighted by Gasteiger charge is 2.15. The topological polar surface area (TPSA) is 61.3 Å². The van der Waals surface area contributed by atoms with E-state index in [1.54, 1.807) is 0 Å². The van der Waals surface area contributed by atoms with Gasteiger partial charge in [0.1, 0.15) is 5.75 Å². The van der Waals surface area contributed by atoms with Crippen LogP contribution in [0.5, 0.6) is 5.75 Å². The van der Waals surface area contributed by atoms with Gasteiger partial charge in [-0.25, -0.2) is 0 Å². The summed E-state index contributed by atoms with van der Waals surface area (Å²) in [6.45, 7) is 6.77. The van der Waals surface area contributed by atoms with E-state index in [2.05, 4.69) is 12.1 Å². The number of ether oxygens (including phenoxy) is 1. The van der Waals surface area contributed by atoms with Gasteiger partial charge in [0, 0.05) is 12.1 Å². The van der Waals surface area contributed by atoms with Crippen LogP contribution in [0.3, 0.4) is 0 Å². The molecule has 0 aromatic heterocycles. The van der Waals surface area contributed by atoms with Crippen molar-refractivity contribution in [2.75, 3.05) is 6.61 Å². The van der Waals surface area contributed by atoms with E-state index >= 15 is 0 Å². The zero-order valence-corrected chi connectivity index (χ0v) is 14.2. The van der Waals surface area contributed by atoms with E-state index in [4.69, 9.17) is 16.2 Å². The average Bonchev–Trinajstić information content (AvgIpc) is 2.28. The third kappa shape index (κ3) is 7.95. The van der Waals surface area contributed by atoms with Crippen molar-refractivity contribution in [2.45, 2.75) is 51.6 Å². The van der Waals surface area contributed by atoms with Gasteiger partial charge in [-0.15, -0.1) is 24.8 Å².